The summed E-state index contributed by atoms with van der Waals surface area (Å²) in [6.45, 7) is 4.96. The van der Waals surface area contributed by atoms with Gasteiger partial charge >= 0.3 is 20.4 Å². The normalized spacial score (nSPS) is 16.2. The van der Waals surface area contributed by atoms with Gasteiger partial charge in [0.15, 0.2) is 0 Å². The number of hydrogen-bond acceptors (Lipinski definition) is 10. The zero-order valence-electron chi connectivity index (χ0n) is 17.9. The lowest BCUT2D eigenvalue weighted by Crippen LogP contribution is -2.67. The number of allylic oxidation sites excluding steroid dienone is 1. The number of ether oxygens (including phenoxy) is 5. The van der Waals surface area contributed by atoms with Crippen LogP contribution in [-0.4, -0.2) is 86.1 Å². The van der Waals surface area contributed by atoms with Crippen LogP contribution in [0.25, 0.3) is 0 Å². The Kier molecular flexibility index (Phi) is 12.9. The molecule has 3 atom stereocenters. The number of aliphatic hydroxyl groups excluding tert-OH is 1. The van der Waals surface area contributed by atoms with Gasteiger partial charge in [-0.2, -0.15) is 0 Å². The number of hydrogen-bond donors (Lipinski definition) is 1. The van der Waals surface area contributed by atoms with Crippen molar-refractivity contribution in [3.63, 3.8) is 0 Å². The summed E-state index contributed by atoms with van der Waals surface area (Å²) < 4.78 is 43.7. The van der Waals surface area contributed by atoms with Crippen LogP contribution in [0.15, 0.2) is 12.2 Å². The predicted octanol–water partition coefficient (Wildman–Crippen LogP) is 0.988. The third-order valence-electron chi connectivity index (χ3n) is 3.89. The van der Waals surface area contributed by atoms with Crippen molar-refractivity contribution in [3.8, 4) is 0 Å². The minimum absolute atomic E-state index is 0.0212. The maximum atomic E-state index is 11.7. The van der Waals surface area contributed by atoms with Crippen molar-refractivity contribution in [1.82, 2.24) is 0 Å². The van der Waals surface area contributed by atoms with Crippen molar-refractivity contribution in [1.29, 1.82) is 0 Å². The number of aliphatic hydroxyl groups is 1. The predicted molar refractivity (Wildman–Crippen MR) is 101 cm³/mol. The van der Waals surface area contributed by atoms with E-state index in [1.165, 1.54) is 54.6 Å². The molecule has 0 aromatic heterocycles. The molecule has 0 aliphatic carbocycles. The Labute approximate surface area is 168 Å². The van der Waals surface area contributed by atoms with E-state index in [1.807, 2.05) is 6.92 Å². The molecule has 0 radical (unpaired) electrons. The molecule has 0 aromatic rings. The second-order valence-electron chi connectivity index (χ2n) is 5.66. The van der Waals surface area contributed by atoms with E-state index in [4.69, 9.17) is 37.0 Å². The molecule has 10 nitrogen and oxygen atoms in total. The molecule has 0 amide bonds. The first-order valence-corrected chi connectivity index (χ1v) is 10.5. The molecule has 0 saturated heterocycles. The minimum atomic E-state index is -3.65. The first kappa shape index (κ1) is 27.1. The fourth-order valence-corrected chi connectivity index (χ4v) is 4.57. The fourth-order valence-electron chi connectivity index (χ4n) is 2.34. The molecule has 0 aromatic carbocycles. The van der Waals surface area contributed by atoms with Crippen LogP contribution in [0.1, 0.15) is 27.2 Å². The van der Waals surface area contributed by atoms with E-state index >= 15 is 0 Å². The lowest BCUT2D eigenvalue weighted by atomic mass is 10.3. The average Bonchev–Trinajstić information content (AvgIpc) is 2.69. The van der Waals surface area contributed by atoms with Crippen molar-refractivity contribution in [2.45, 2.75) is 51.3 Å². The summed E-state index contributed by atoms with van der Waals surface area (Å²) in [4.78, 5) is 11.7. The monoisotopic (exact) mass is 426 g/mol. The first-order valence-electron chi connectivity index (χ1n) is 8.81. The first-order chi connectivity index (χ1) is 13.2. The Morgan fingerprint density at radius 1 is 1.11 bits per heavy atom. The third-order valence-corrected chi connectivity index (χ3v) is 6.87. The van der Waals surface area contributed by atoms with Crippen LogP contribution < -0.4 is 0 Å². The number of rotatable bonds is 15. The highest BCUT2D eigenvalue weighted by atomic mass is 28.4. The topological polar surface area (TPSA) is 111 Å². The molecule has 0 aliphatic rings. The Bertz CT molecular complexity index is 455. The van der Waals surface area contributed by atoms with Gasteiger partial charge in [-0.05, 0) is 20.3 Å². The molecule has 28 heavy (non-hydrogen) atoms. The molecule has 0 fully saturated rings. The number of carbonyl (C=O) groups is 1. The van der Waals surface area contributed by atoms with Crippen molar-refractivity contribution in [2.75, 3.05) is 42.2 Å². The molecule has 0 rings (SSSR count). The van der Waals surface area contributed by atoms with Gasteiger partial charge in [0.05, 0.1) is 12.7 Å². The summed E-state index contributed by atoms with van der Waals surface area (Å²) in [5.74, 6) is -0.626. The van der Waals surface area contributed by atoms with Gasteiger partial charge in [-0.3, -0.25) is 0 Å². The van der Waals surface area contributed by atoms with Gasteiger partial charge in [0.1, 0.15) is 6.10 Å². The summed E-state index contributed by atoms with van der Waals surface area (Å²) in [5.41, 5.74) is -1.68. The molecular weight excluding hydrogens is 392 g/mol. The van der Waals surface area contributed by atoms with Crippen LogP contribution in [0.5, 0.6) is 0 Å². The highest BCUT2D eigenvalue weighted by molar-refractivity contribution is 6.63. The highest BCUT2D eigenvalue weighted by Crippen LogP contribution is 2.29. The van der Waals surface area contributed by atoms with Crippen LogP contribution in [0.3, 0.4) is 0 Å². The summed E-state index contributed by atoms with van der Waals surface area (Å²) in [5, 5.41) is 9.87. The zero-order valence-corrected chi connectivity index (χ0v) is 18.9. The van der Waals surface area contributed by atoms with Crippen LogP contribution in [0, 0.1) is 0 Å². The second-order valence-corrected chi connectivity index (χ2v) is 8.49. The Morgan fingerprint density at radius 2 is 1.64 bits per heavy atom. The lowest BCUT2D eigenvalue weighted by molar-refractivity contribution is -0.328. The van der Waals surface area contributed by atoms with Gasteiger partial charge in [-0.15, -0.1) is 0 Å². The van der Waals surface area contributed by atoms with Gasteiger partial charge in [-0.1, -0.05) is 13.0 Å². The number of carbonyl (C=O) groups excluding carboxylic acids is 1. The highest BCUT2D eigenvalue weighted by Gasteiger charge is 2.65. The lowest BCUT2D eigenvalue weighted by Gasteiger charge is -2.40. The fraction of sp³-hybridized carbons (Fsp3) is 0.824. The molecule has 0 saturated carbocycles. The summed E-state index contributed by atoms with van der Waals surface area (Å²) in [6.07, 6.45) is 0.467. The third kappa shape index (κ3) is 6.86. The van der Waals surface area contributed by atoms with Gasteiger partial charge in [-0.25, -0.2) is 4.79 Å². The van der Waals surface area contributed by atoms with E-state index in [1.54, 1.807) is 6.92 Å². The van der Waals surface area contributed by atoms with Gasteiger partial charge in [0.25, 0.3) is 0 Å². The average molecular weight is 427 g/mol. The summed E-state index contributed by atoms with van der Waals surface area (Å²) >= 11 is 0. The van der Waals surface area contributed by atoms with Gasteiger partial charge < -0.3 is 42.1 Å². The quantitative estimate of drug-likeness (QED) is 0.176. The standard InChI is InChI=1S/C17H34O10Si/c1-9-11-15(19)27-16(13(3)18)26-14(10-2)12-25-28(23-7,24-8)17(20-4,21-5)22-6/h9,11,13-14,16,18H,10,12H2,1-8H3/b11-9+. The molecule has 0 heterocycles. The summed E-state index contributed by atoms with van der Waals surface area (Å²) in [7, 11) is 3.23. The van der Waals surface area contributed by atoms with Crippen LogP contribution in [0.2, 0.25) is 0 Å². The van der Waals surface area contributed by atoms with Crippen LogP contribution in [-0.2, 0) is 41.8 Å². The van der Waals surface area contributed by atoms with Gasteiger partial charge in [0, 0.05) is 41.6 Å². The van der Waals surface area contributed by atoms with E-state index in [-0.39, 0.29) is 6.61 Å². The zero-order chi connectivity index (χ0) is 21.8. The van der Waals surface area contributed by atoms with Crippen molar-refractivity contribution >= 4 is 14.8 Å². The molecule has 166 valence electrons. The molecule has 0 spiro atoms. The number of esters is 1. The maximum Gasteiger partial charge on any atom is 0.596 e. The van der Waals surface area contributed by atoms with Crippen molar-refractivity contribution in [2.24, 2.45) is 0 Å². The molecule has 0 aliphatic heterocycles. The number of methoxy groups -OCH3 is 3. The molecule has 3 unspecified atom stereocenters. The summed E-state index contributed by atoms with van der Waals surface area (Å²) in [6, 6.07) is 0. The van der Waals surface area contributed by atoms with Crippen LogP contribution in [0.4, 0.5) is 0 Å². The molecule has 11 heteroatoms. The smallest absolute Gasteiger partial charge is 0.430 e. The molecular formula is C17H34O10Si. The maximum absolute atomic E-state index is 11.7. The van der Waals surface area contributed by atoms with Crippen molar-refractivity contribution in [3.05, 3.63) is 12.2 Å². The second kappa shape index (κ2) is 13.4. The molecule has 1 N–H and O–H groups in total. The van der Waals surface area contributed by atoms with E-state index in [0.717, 1.165) is 0 Å². The Hall–Kier alpha value is -0.893. The Balaban J connectivity index is 5.32. The largest absolute Gasteiger partial charge is 0.596 e. The SMILES string of the molecule is C/C=C/C(=O)OC(OC(CC)CO[Si](OC)(OC)C(OC)(OC)OC)C(C)O. The van der Waals surface area contributed by atoms with Gasteiger partial charge in [0.2, 0.25) is 6.29 Å². The van der Waals surface area contributed by atoms with E-state index in [2.05, 4.69) is 0 Å². The Morgan fingerprint density at radius 3 is 2.00 bits per heavy atom. The van der Waals surface area contributed by atoms with Crippen LogP contribution >= 0.6 is 0 Å². The van der Waals surface area contributed by atoms with Crippen molar-refractivity contribution < 1.29 is 46.9 Å². The van der Waals surface area contributed by atoms with E-state index in [0.29, 0.717) is 6.42 Å². The molecule has 0 bridgehead atoms. The van der Waals surface area contributed by atoms with E-state index in [9.17, 15) is 9.90 Å². The minimum Gasteiger partial charge on any atom is -0.430 e. The van der Waals surface area contributed by atoms with E-state index < -0.39 is 38.9 Å².